The van der Waals surface area contributed by atoms with Crippen molar-refractivity contribution in [2.24, 2.45) is 0 Å². The maximum Gasteiger partial charge on any atom is 0.242 e. The molecule has 0 radical (unpaired) electrons. The zero-order valence-corrected chi connectivity index (χ0v) is 12.7. The van der Waals surface area contributed by atoms with Gasteiger partial charge in [-0.3, -0.25) is 4.98 Å². The Morgan fingerprint density at radius 3 is 2.90 bits per heavy atom. The minimum Gasteiger partial charge on any atom is -0.390 e. The molecule has 0 aliphatic heterocycles. The second kappa shape index (κ2) is 6.49. The van der Waals surface area contributed by atoms with Crippen LogP contribution in [0.1, 0.15) is 23.9 Å². The van der Waals surface area contributed by atoms with Gasteiger partial charge in [-0.2, -0.15) is 0 Å². The van der Waals surface area contributed by atoms with Crippen molar-refractivity contribution in [3.05, 3.63) is 34.5 Å². The summed E-state index contributed by atoms with van der Waals surface area (Å²) in [7, 11) is -3.57. The summed E-state index contributed by atoms with van der Waals surface area (Å²) in [5.74, 6) is 0. The Labute approximate surface area is 122 Å². The number of aromatic nitrogens is 2. The molecule has 2 rings (SSSR count). The lowest BCUT2D eigenvalue weighted by atomic mass is 10.4. The monoisotopic (exact) mass is 315 g/mol. The van der Waals surface area contributed by atoms with Crippen LogP contribution in [0.5, 0.6) is 0 Å². The van der Waals surface area contributed by atoms with Crippen LogP contribution in [-0.2, 0) is 29.7 Å². The van der Waals surface area contributed by atoms with Gasteiger partial charge in [0.1, 0.15) is 0 Å². The lowest BCUT2D eigenvalue weighted by Gasteiger charge is -2.04. The second-order valence-electron chi connectivity index (χ2n) is 4.31. The third kappa shape index (κ3) is 3.45. The van der Waals surface area contributed by atoms with Crippen molar-refractivity contribution < 1.29 is 13.5 Å². The van der Waals surface area contributed by atoms with Crippen molar-refractivity contribution in [1.82, 2.24) is 14.3 Å². The van der Waals surface area contributed by atoms with Crippen molar-refractivity contribution in [3.63, 3.8) is 0 Å². The normalized spacial score (nSPS) is 11.9. The van der Waals surface area contributed by atoms with Crippen molar-refractivity contribution in [2.75, 3.05) is 0 Å². The molecule has 0 aromatic carbocycles. The lowest BCUT2D eigenvalue weighted by Crippen LogP contribution is -2.22. The summed E-state index contributed by atoms with van der Waals surface area (Å²) in [5.41, 5.74) is 2.26. The van der Waals surface area contributed by atoms with Crippen LogP contribution in [0.4, 0.5) is 0 Å². The molecular formula is C12H17N3O3S2. The van der Waals surface area contributed by atoms with Gasteiger partial charge in [-0.25, -0.2) is 13.1 Å². The Balaban J connectivity index is 2.16. The van der Waals surface area contributed by atoms with Crippen LogP contribution < -0.4 is 4.72 Å². The van der Waals surface area contributed by atoms with Crippen molar-refractivity contribution >= 4 is 21.4 Å². The third-order valence-corrected chi connectivity index (χ3v) is 4.97. The van der Waals surface area contributed by atoms with E-state index < -0.39 is 10.0 Å². The zero-order chi connectivity index (χ0) is 14.6. The molecule has 6 nitrogen and oxygen atoms in total. The standard InChI is InChI=1S/C12H17N3O3S2/c1-2-3-15-7-12(4-10(15)8-16)20(17,18)14-6-11-5-13-9-19-11/h4-5,7,9,14,16H,2-3,6,8H2,1H3. The summed E-state index contributed by atoms with van der Waals surface area (Å²) >= 11 is 1.40. The van der Waals surface area contributed by atoms with Crippen LogP contribution in [0.25, 0.3) is 0 Å². The predicted molar refractivity (Wildman–Crippen MR) is 76.8 cm³/mol. The van der Waals surface area contributed by atoms with Crippen LogP contribution in [0, 0.1) is 0 Å². The molecular weight excluding hydrogens is 298 g/mol. The van der Waals surface area contributed by atoms with Crippen molar-refractivity contribution in [2.45, 2.75) is 37.9 Å². The largest absolute Gasteiger partial charge is 0.390 e. The summed E-state index contributed by atoms with van der Waals surface area (Å²) in [6.45, 7) is 2.72. The number of sulfonamides is 1. The van der Waals surface area contributed by atoms with Gasteiger partial charge in [0.2, 0.25) is 10.0 Å². The Hall–Kier alpha value is -1.22. The molecule has 2 aromatic heterocycles. The van der Waals surface area contributed by atoms with E-state index in [1.807, 2.05) is 6.92 Å². The Kier molecular flexibility index (Phi) is 4.92. The first-order valence-electron chi connectivity index (χ1n) is 6.23. The molecule has 0 amide bonds. The smallest absolute Gasteiger partial charge is 0.242 e. The van der Waals surface area contributed by atoms with Gasteiger partial charge in [0.15, 0.2) is 0 Å². The molecule has 0 saturated carbocycles. The Bertz CT molecular complexity index is 648. The maximum atomic E-state index is 12.2. The highest BCUT2D eigenvalue weighted by Gasteiger charge is 2.18. The van der Waals surface area contributed by atoms with Crippen LogP contribution >= 0.6 is 11.3 Å². The Morgan fingerprint density at radius 1 is 1.50 bits per heavy atom. The van der Waals surface area contributed by atoms with Crippen LogP contribution in [-0.4, -0.2) is 23.1 Å². The molecule has 0 saturated heterocycles. The molecule has 0 spiro atoms. The number of aliphatic hydroxyl groups excluding tert-OH is 1. The molecule has 20 heavy (non-hydrogen) atoms. The predicted octanol–water partition coefficient (Wildman–Crippen LogP) is 1.33. The molecule has 0 aliphatic carbocycles. The molecule has 8 heteroatoms. The van der Waals surface area contributed by atoms with Gasteiger partial charge in [-0.05, 0) is 12.5 Å². The first kappa shape index (κ1) is 15.2. The summed E-state index contributed by atoms with van der Waals surface area (Å²) in [6, 6.07) is 1.50. The fourth-order valence-corrected chi connectivity index (χ4v) is 3.53. The maximum absolute atomic E-state index is 12.2. The van der Waals surface area contributed by atoms with Crippen LogP contribution in [0.2, 0.25) is 0 Å². The Morgan fingerprint density at radius 2 is 2.30 bits per heavy atom. The van der Waals surface area contributed by atoms with Gasteiger partial charge in [-0.15, -0.1) is 11.3 Å². The van der Waals surface area contributed by atoms with E-state index in [-0.39, 0.29) is 18.0 Å². The van der Waals surface area contributed by atoms with Gasteiger partial charge in [-0.1, -0.05) is 6.92 Å². The minimum absolute atomic E-state index is 0.176. The molecule has 2 N–H and O–H groups in total. The number of rotatable bonds is 7. The van der Waals surface area contributed by atoms with Gasteiger partial charge in [0.05, 0.1) is 17.0 Å². The summed E-state index contributed by atoms with van der Waals surface area (Å²) in [4.78, 5) is 4.93. The van der Waals surface area contributed by atoms with E-state index in [0.29, 0.717) is 12.2 Å². The molecule has 0 unspecified atom stereocenters. The van der Waals surface area contributed by atoms with Gasteiger partial charge in [0, 0.05) is 36.1 Å². The zero-order valence-electron chi connectivity index (χ0n) is 11.1. The lowest BCUT2D eigenvalue weighted by molar-refractivity contribution is 0.270. The highest BCUT2D eigenvalue weighted by Crippen LogP contribution is 2.16. The fraction of sp³-hybridized carbons (Fsp3) is 0.417. The van der Waals surface area contributed by atoms with Gasteiger partial charge >= 0.3 is 0 Å². The number of nitrogens with one attached hydrogen (secondary N) is 1. The molecule has 0 bridgehead atoms. The van der Waals surface area contributed by atoms with Gasteiger partial charge < -0.3 is 9.67 Å². The van der Waals surface area contributed by atoms with Crippen molar-refractivity contribution in [3.8, 4) is 0 Å². The average molecular weight is 315 g/mol. The average Bonchev–Trinajstić information content (AvgIpc) is 3.06. The highest BCUT2D eigenvalue weighted by molar-refractivity contribution is 7.89. The highest BCUT2D eigenvalue weighted by atomic mass is 32.2. The van der Waals surface area contributed by atoms with E-state index in [9.17, 15) is 13.5 Å². The van der Waals surface area contributed by atoms with E-state index in [1.54, 1.807) is 22.5 Å². The van der Waals surface area contributed by atoms with E-state index in [0.717, 1.165) is 11.3 Å². The fourth-order valence-electron chi connectivity index (χ4n) is 1.83. The van der Waals surface area contributed by atoms with Crippen LogP contribution in [0.15, 0.2) is 28.9 Å². The number of hydrogen-bond acceptors (Lipinski definition) is 5. The summed E-state index contributed by atoms with van der Waals surface area (Å²) in [6.07, 6.45) is 4.06. The van der Waals surface area contributed by atoms with Crippen molar-refractivity contribution in [1.29, 1.82) is 0 Å². The first-order chi connectivity index (χ1) is 9.56. The topological polar surface area (TPSA) is 84.2 Å². The molecule has 2 heterocycles. The second-order valence-corrected chi connectivity index (χ2v) is 7.05. The van der Waals surface area contributed by atoms with E-state index in [1.165, 1.54) is 17.4 Å². The summed E-state index contributed by atoms with van der Waals surface area (Å²) in [5, 5.41) is 9.26. The van der Waals surface area contributed by atoms with Gasteiger partial charge in [0.25, 0.3) is 0 Å². The number of aliphatic hydroxyl groups is 1. The SMILES string of the molecule is CCCn1cc(S(=O)(=O)NCc2cncs2)cc1CO. The molecule has 0 aliphatic rings. The summed E-state index contributed by atoms with van der Waals surface area (Å²) < 4.78 is 28.7. The number of hydrogen-bond donors (Lipinski definition) is 2. The first-order valence-corrected chi connectivity index (χ1v) is 8.60. The quantitative estimate of drug-likeness (QED) is 0.807. The number of thiazole rings is 1. The van der Waals surface area contributed by atoms with E-state index >= 15 is 0 Å². The van der Waals surface area contributed by atoms with Crippen LogP contribution in [0.3, 0.4) is 0 Å². The molecule has 0 atom stereocenters. The molecule has 0 fully saturated rings. The minimum atomic E-state index is -3.57. The number of nitrogens with zero attached hydrogens (tertiary/aromatic N) is 2. The molecule has 2 aromatic rings. The van der Waals surface area contributed by atoms with E-state index in [2.05, 4.69) is 9.71 Å². The number of aryl methyl sites for hydroxylation is 1. The molecule has 110 valence electrons. The van der Waals surface area contributed by atoms with E-state index in [4.69, 9.17) is 0 Å². The third-order valence-electron chi connectivity index (χ3n) is 2.82.